The van der Waals surface area contributed by atoms with Gasteiger partial charge in [0.2, 0.25) is 0 Å². The molecular formula is C16H28N2. The normalized spacial score (nSPS) is 20.7. The van der Waals surface area contributed by atoms with Crippen LogP contribution in [0.25, 0.3) is 0 Å². The van der Waals surface area contributed by atoms with Crippen molar-refractivity contribution in [3.05, 3.63) is 23.5 Å². The summed E-state index contributed by atoms with van der Waals surface area (Å²) >= 11 is 0. The maximum absolute atomic E-state index is 3.69. The van der Waals surface area contributed by atoms with Gasteiger partial charge in [0, 0.05) is 25.0 Å². The van der Waals surface area contributed by atoms with Crippen molar-refractivity contribution in [2.45, 2.75) is 65.5 Å². The molecule has 0 aromatic carbocycles. The minimum Gasteiger partial charge on any atom is -0.353 e. The van der Waals surface area contributed by atoms with Crippen molar-refractivity contribution in [2.24, 2.45) is 5.92 Å². The zero-order valence-electron chi connectivity index (χ0n) is 12.2. The molecule has 0 saturated heterocycles. The first-order valence-electron chi connectivity index (χ1n) is 7.66. The maximum Gasteiger partial charge on any atom is 0.0338 e. The fourth-order valence-electron chi connectivity index (χ4n) is 2.87. The van der Waals surface area contributed by atoms with Crippen LogP contribution in [0.15, 0.2) is 12.4 Å². The van der Waals surface area contributed by atoms with E-state index in [-0.39, 0.29) is 0 Å². The Hall–Kier alpha value is -0.760. The molecule has 18 heavy (non-hydrogen) atoms. The quantitative estimate of drug-likeness (QED) is 0.807. The molecule has 0 fully saturated rings. The van der Waals surface area contributed by atoms with Gasteiger partial charge in [-0.05, 0) is 49.3 Å². The molecule has 2 heteroatoms. The van der Waals surface area contributed by atoms with E-state index in [1.165, 1.54) is 38.6 Å². The van der Waals surface area contributed by atoms with Gasteiger partial charge in [0.25, 0.3) is 0 Å². The lowest BCUT2D eigenvalue weighted by atomic mass is 9.91. The van der Waals surface area contributed by atoms with Crippen molar-refractivity contribution in [1.29, 1.82) is 0 Å². The molecule has 0 aliphatic heterocycles. The summed E-state index contributed by atoms with van der Waals surface area (Å²) in [5, 5.41) is 3.69. The second-order valence-electron chi connectivity index (χ2n) is 5.85. The molecule has 2 nitrogen and oxygen atoms in total. The van der Waals surface area contributed by atoms with E-state index < -0.39 is 0 Å². The van der Waals surface area contributed by atoms with Gasteiger partial charge in [-0.1, -0.05) is 27.2 Å². The molecule has 2 rings (SSSR count). The lowest BCUT2D eigenvalue weighted by molar-refractivity contribution is 0.457. The van der Waals surface area contributed by atoms with E-state index in [2.05, 4.69) is 43.0 Å². The monoisotopic (exact) mass is 248 g/mol. The van der Waals surface area contributed by atoms with E-state index in [9.17, 15) is 0 Å². The number of aromatic nitrogens is 1. The average Bonchev–Trinajstić information content (AvgIpc) is 2.78. The highest BCUT2D eigenvalue weighted by Crippen LogP contribution is 2.30. The second-order valence-corrected chi connectivity index (χ2v) is 5.85. The van der Waals surface area contributed by atoms with Crippen LogP contribution in [0, 0.1) is 5.92 Å². The van der Waals surface area contributed by atoms with Crippen molar-refractivity contribution in [1.82, 2.24) is 9.88 Å². The Morgan fingerprint density at radius 1 is 1.39 bits per heavy atom. The summed E-state index contributed by atoms with van der Waals surface area (Å²) in [6, 6.07) is 0.604. The van der Waals surface area contributed by atoms with E-state index in [1.54, 1.807) is 11.1 Å². The lowest BCUT2D eigenvalue weighted by Crippen LogP contribution is -2.24. The third-order valence-electron chi connectivity index (χ3n) is 4.17. The Morgan fingerprint density at radius 3 is 2.94 bits per heavy atom. The first kappa shape index (κ1) is 13.7. The molecule has 2 unspecified atom stereocenters. The Kier molecular flexibility index (Phi) is 4.87. The van der Waals surface area contributed by atoms with E-state index in [0.717, 1.165) is 12.5 Å². The molecule has 1 heterocycles. The van der Waals surface area contributed by atoms with Crippen LogP contribution in [0.3, 0.4) is 0 Å². The molecule has 1 aromatic rings. The molecule has 102 valence electrons. The largest absolute Gasteiger partial charge is 0.353 e. The van der Waals surface area contributed by atoms with E-state index in [0.29, 0.717) is 6.04 Å². The molecule has 1 aliphatic rings. The molecule has 0 bridgehead atoms. The topological polar surface area (TPSA) is 17.0 Å². The lowest BCUT2D eigenvalue weighted by Gasteiger charge is -2.23. The van der Waals surface area contributed by atoms with Crippen LogP contribution >= 0.6 is 0 Å². The van der Waals surface area contributed by atoms with Crippen molar-refractivity contribution in [3.8, 4) is 0 Å². The predicted molar refractivity (Wildman–Crippen MR) is 77.9 cm³/mol. The van der Waals surface area contributed by atoms with E-state index >= 15 is 0 Å². The number of fused-ring (bicyclic) bond motifs is 1. The first-order valence-corrected chi connectivity index (χ1v) is 7.66. The number of aryl methyl sites for hydroxylation is 1. The van der Waals surface area contributed by atoms with Gasteiger partial charge >= 0.3 is 0 Å². The van der Waals surface area contributed by atoms with Gasteiger partial charge in [0.15, 0.2) is 0 Å². The van der Waals surface area contributed by atoms with Gasteiger partial charge in [-0.25, -0.2) is 0 Å². The molecule has 2 atom stereocenters. The van der Waals surface area contributed by atoms with Crippen LogP contribution in [0.5, 0.6) is 0 Å². The van der Waals surface area contributed by atoms with Crippen LogP contribution in [-0.2, 0) is 13.0 Å². The highest BCUT2D eigenvalue weighted by atomic mass is 15.0. The number of hydrogen-bond donors (Lipinski definition) is 1. The SMILES string of the molecule is CCCNC1CCCc2cn(CC(C)CC)cc21. The second kappa shape index (κ2) is 6.42. The Morgan fingerprint density at radius 2 is 2.22 bits per heavy atom. The molecule has 1 aliphatic carbocycles. The van der Waals surface area contributed by atoms with Crippen molar-refractivity contribution < 1.29 is 0 Å². The predicted octanol–water partition coefficient (Wildman–Crippen LogP) is 3.91. The fourth-order valence-corrected chi connectivity index (χ4v) is 2.87. The van der Waals surface area contributed by atoms with Crippen LogP contribution in [0.4, 0.5) is 0 Å². The van der Waals surface area contributed by atoms with Crippen molar-refractivity contribution in [3.63, 3.8) is 0 Å². The highest BCUT2D eigenvalue weighted by Gasteiger charge is 2.21. The number of nitrogens with one attached hydrogen (secondary N) is 1. The van der Waals surface area contributed by atoms with Crippen molar-refractivity contribution >= 4 is 0 Å². The molecule has 0 saturated carbocycles. The highest BCUT2D eigenvalue weighted by molar-refractivity contribution is 5.30. The minimum absolute atomic E-state index is 0.604. The Labute approximate surface area is 112 Å². The maximum atomic E-state index is 3.69. The van der Waals surface area contributed by atoms with Crippen molar-refractivity contribution in [2.75, 3.05) is 6.54 Å². The molecule has 1 aromatic heterocycles. The molecule has 0 amide bonds. The summed E-state index contributed by atoms with van der Waals surface area (Å²) in [5.41, 5.74) is 3.15. The fraction of sp³-hybridized carbons (Fsp3) is 0.750. The molecule has 0 radical (unpaired) electrons. The third kappa shape index (κ3) is 3.17. The standard InChI is InChI=1S/C16H28N2/c1-4-9-17-16-8-6-7-14-11-18(12-15(14)16)10-13(3)5-2/h11-13,16-17H,4-10H2,1-3H3. The van der Waals surface area contributed by atoms with Gasteiger partial charge in [-0.2, -0.15) is 0 Å². The van der Waals surface area contributed by atoms with Crippen LogP contribution in [0.2, 0.25) is 0 Å². The molecule has 1 N–H and O–H groups in total. The zero-order valence-corrected chi connectivity index (χ0v) is 12.2. The summed E-state index contributed by atoms with van der Waals surface area (Å²) in [6.07, 6.45) is 11.2. The van der Waals surface area contributed by atoms with Crippen LogP contribution < -0.4 is 5.32 Å². The van der Waals surface area contributed by atoms with Crippen LogP contribution in [-0.4, -0.2) is 11.1 Å². The van der Waals surface area contributed by atoms with Gasteiger partial charge < -0.3 is 9.88 Å². The first-order chi connectivity index (χ1) is 8.74. The summed E-state index contributed by atoms with van der Waals surface area (Å²) in [4.78, 5) is 0. The molecule has 0 spiro atoms. The Bertz CT molecular complexity index is 367. The smallest absolute Gasteiger partial charge is 0.0338 e. The number of rotatable bonds is 6. The van der Waals surface area contributed by atoms with E-state index in [4.69, 9.17) is 0 Å². The molecular weight excluding hydrogens is 220 g/mol. The third-order valence-corrected chi connectivity index (χ3v) is 4.17. The van der Waals surface area contributed by atoms with Gasteiger partial charge in [0.1, 0.15) is 0 Å². The average molecular weight is 248 g/mol. The zero-order chi connectivity index (χ0) is 13.0. The summed E-state index contributed by atoms with van der Waals surface area (Å²) in [6.45, 7) is 9.17. The Balaban J connectivity index is 2.07. The van der Waals surface area contributed by atoms with E-state index in [1.807, 2.05) is 0 Å². The summed E-state index contributed by atoms with van der Waals surface area (Å²) < 4.78 is 2.42. The summed E-state index contributed by atoms with van der Waals surface area (Å²) in [5.74, 6) is 0.779. The van der Waals surface area contributed by atoms with Crippen LogP contribution in [0.1, 0.15) is 63.6 Å². The van der Waals surface area contributed by atoms with Gasteiger partial charge in [-0.15, -0.1) is 0 Å². The van der Waals surface area contributed by atoms with Gasteiger partial charge in [0.05, 0.1) is 0 Å². The minimum atomic E-state index is 0.604. The summed E-state index contributed by atoms with van der Waals surface area (Å²) in [7, 11) is 0. The van der Waals surface area contributed by atoms with Gasteiger partial charge in [-0.3, -0.25) is 0 Å². The number of hydrogen-bond acceptors (Lipinski definition) is 1. The number of nitrogens with zero attached hydrogens (tertiary/aromatic N) is 1.